The van der Waals surface area contributed by atoms with E-state index in [0.29, 0.717) is 17.4 Å². The van der Waals surface area contributed by atoms with Gasteiger partial charge in [-0.25, -0.2) is 4.98 Å². The summed E-state index contributed by atoms with van der Waals surface area (Å²) in [5, 5.41) is 0. The minimum Gasteiger partial charge on any atom is -0.439 e. The molecule has 0 aliphatic heterocycles. The van der Waals surface area contributed by atoms with Gasteiger partial charge in [0.15, 0.2) is 17.1 Å². The second-order valence-corrected chi connectivity index (χ2v) is 3.10. The number of aromatic nitrogens is 2. The minimum atomic E-state index is 0.631. The van der Waals surface area contributed by atoms with Gasteiger partial charge in [-0.15, -0.1) is 11.6 Å². The predicted octanol–water partition coefficient (Wildman–Crippen LogP) is 2.39. The van der Waals surface area contributed by atoms with Crippen LogP contribution in [-0.2, 0) is 6.42 Å². The van der Waals surface area contributed by atoms with Crippen molar-refractivity contribution in [3.8, 4) is 0 Å². The van der Waals surface area contributed by atoms with Crippen molar-refractivity contribution in [2.45, 2.75) is 12.8 Å². The fraction of sp³-hybridized carbons (Fsp3) is 0.333. The van der Waals surface area contributed by atoms with Gasteiger partial charge in [0.25, 0.3) is 0 Å². The first-order chi connectivity index (χ1) is 6.40. The van der Waals surface area contributed by atoms with E-state index >= 15 is 0 Å². The molecule has 0 radical (unpaired) electrons. The van der Waals surface area contributed by atoms with E-state index in [0.717, 1.165) is 18.4 Å². The Balaban J connectivity index is 2.28. The second kappa shape index (κ2) is 3.75. The van der Waals surface area contributed by atoms with Crippen LogP contribution < -0.4 is 0 Å². The Morgan fingerprint density at radius 1 is 1.46 bits per heavy atom. The van der Waals surface area contributed by atoms with Crippen LogP contribution in [-0.4, -0.2) is 15.8 Å². The van der Waals surface area contributed by atoms with Gasteiger partial charge in [-0.2, -0.15) is 4.98 Å². The third-order valence-electron chi connectivity index (χ3n) is 1.73. The molecule has 0 saturated heterocycles. The number of hydrogen-bond acceptors (Lipinski definition) is 3. The zero-order valence-electron chi connectivity index (χ0n) is 7.03. The molecule has 0 fully saturated rings. The molecular weight excluding hydrogens is 188 g/mol. The van der Waals surface area contributed by atoms with Crippen LogP contribution in [0.25, 0.3) is 11.2 Å². The van der Waals surface area contributed by atoms with Crippen molar-refractivity contribution in [1.82, 2.24) is 9.97 Å². The Hall–Kier alpha value is -1.09. The highest BCUT2D eigenvalue weighted by Crippen LogP contribution is 2.13. The molecule has 0 spiro atoms. The van der Waals surface area contributed by atoms with Crippen molar-refractivity contribution in [2.75, 3.05) is 5.88 Å². The molecule has 2 rings (SSSR count). The van der Waals surface area contributed by atoms with Crippen LogP contribution in [0.4, 0.5) is 0 Å². The average molecular weight is 197 g/mol. The summed E-state index contributed by atoms with van der Waals surface area (Å²) in [6.45, 7) is 0. The van der Waals surface area contributed by atoms with Gasteiger partial charge in [0.1, 0.15) is 0 Å². The molecule has 0 unspecified atom stereocenters. The van der Waals surface area contributed by atoms with Gasteiger partial charge in [0.05, 0.1) is 0 Å². The van der Waals surface area contributed by atoms with E-state index in [-0.39, 0.29) is 0 Å². The number of hydrogen-bond donors (Lipinski definition) is 0. The van der Waals surface area contributed by atoms with Gasteiger partial charge in [0.2, 0.25) is 0 Å². The first kappa shape index (κ1) is 8.51. The van der Waals surface area contributed by atoms with Crippen molar-refractivity contribution in [2.24, 2.45) is 0 Å². The number of aryl methyl sites for hydroxylation is 1. The highest BCUT2D eigenvalue weighted by Gasteiger charge is 2.04. The maximum atomic E-state index is 5.57. The summed E-state index contributed by atoms with van der Waals surface area (Å²) >= 11 is 5.57. The van der Waals surface area contributed by atoms with Crippen LogP contribution in [0.3, 0.4) is 0 Å². The van der Waals surface area contributed by atoms with E-state index in [1.807, 2.05) is 12.1 Å². The van der Waals surface area contributed by atoms with Crippen molar-refractivity contribution < 1.29 is 4.42 Å². The topological polar surface area (TPSA) is 38.9 Å². The number of oxazole rings is 1. The number of pyridine rings is 1. The summed E-state index contributed by atoms with van der Waals surface area (Å²) in [5.41, 5.74) is 1.42. The maximum absolute atomic E-state index is 5.57. The molecule has 0 aromatic carbocycles. The van der Waals surface area contributed by atoms with Crippen LogP contribution in [0.5, 0.6) is 0 Å². The molecule has 4 heteroatoms. The number of rotatable bonds is 3. The van der Waals surface area contributed by atoms with Crippen molar-refractivity contribution in [3.63, 3.8) is 0 Å². The Bertz CT molecular complexity index is 366. The van der Waals surface area contributed by atoms with Crippen LogP contribution in [0.15, 0.2) is 22.7 Å². The summed E-state index contributed by atoms with van der Waals surface area (Å²) in [6, 6.07) is 3.69. The molecule has 0 aliphatic carbocycles. The largest absolute Gasteiger partial charge is 0.439 e. The Kier molecular flexibility index (Phi) is 2.45. The Morgan fingerprint density at radius 2 is 2.38 bits per heavy atom. The quantitative estimate of drug-likeness (QED) is 0.708. The maximum Gasteiger partial charge on any atom is 0.198 e. The van der Waals surface area contributed by atoms with Gasteiger partial charge in [-0.05, 0) is 18.6 Å². The smallest absolute Gasteiger partial charge is 0.198 e. The lowest BCUT2D eigenvalue weighted by Crippen LogP contribution is -1.85. The zero-order valence-corrected chi connectivity index (χ0v) is 7.79. The van der Waals surface area contributed by atoms with E-state index in [1.54, 1.807) is 6.20 Å². The number of fused-ring (bicyclic) bond motifs is 1. The molecule has 0 atom stereocenters. The fourth-order valence-electron chi connectivity index (χ4n) is 1.14. The molecule has 0 aliphatic rings. The number of alkyl halides is 1. The highest BCUT2D eigenvalue weighted by molar-refractivity contribution is 6.17. The van der Waals surface area contributed by atoms with Crippen molar-refractivity contribution in [3.05, 3.63) is 24.2 Å². The van der Waals surface area contributed by atoms with Crippen LogP contribution in [0, 0.1) is 0 Å². The van der Waals surface area contributed by atoms with Crippen LogP contribution in [0.2, 0.25) is 0 Å². The molecule has 68 valence electrons. The Morgan fingerprint density at radius 3 is 3.15 bits per heavy atom. The van der Waals surface area contributed by atoms with Gasteiger partial charge >= 0.3 is 0 Å². The van der Waals surface area contributed by atoms with Gasteiger partial charge in [0, 0.05) is 18.5 Å². The lowest BCUT2D eigenvalue weighted by atomic mass is 10.3. The van der Waals surface area contributed by atoms with Crippen molar-refractivity contribution >= 4 is 22.8 Å². The second-order valence-electron chi connectivity index (χ2n) is 2.73. The number of nitrogens with zero attached hydrogens (tertiary/aromatic N) is 2. The molecule has 0 amide bonds. The fourth-order valence-corrected chi connectivity index (χ4v) is 1.27. The molecule has 0 bridgehead atoms. The summed E-state index contributed by atoms with van der Waals surface area (Å²) in [4.78, 5) is 8.29. The average Bonchev–Trinajstić information content (AvgIpc) is 2.57. The summed E-state index contributed by atoms with van der Waals surface area (Å²) in [5.74, 6) is 1.35. The van der Waals surface area contributed by atoms with Gasteiger partial charge in [-0.3, -0.25) is 0 Å². The summed E-state index contributed by atoms with van der Waals surface area (Å²) in [7, 11) is 0. The first-order valence-electron chi connectivity index (χ1n) is 4.16. The molecule has 2 aromatic heterocycles. The van der Waals surface area contributed by atoms with E-state index in [4.69, 9.17) is 16.0 Å². The number of halogens is 1. The van der Waals surface area contributed by atoms with Crippen molar-refractivity contribution in [1.29, 1.82) is 0 Å². The molecule has 3 nitrogen and oxygen atoms in total. The minimum absolute atomic E-state index is 0.631. The standard InChI is InChI=1S/C9H9ClN2O/c10-5-1-4-8-12-9-7(13-8)3-2-6-11-9/h2-3,6H,1,4-5H2. The monoisotopic (exact) mass is 196 g/mol. The van der Waals surface area contributed by atoms with Crippen LogP contribution >= 0.6 is 11.6 Å². The Labute approximate surface area is 80.7 Å². The molecule has 2 heterocycles. The summed E-state index contributed by atoms with van der Waals surface area (Å²) in [6.07, 6.45) is 3.37. The molecule has 2 aromatic rings. The highest BCUT2D eigenvalue weighted by atomic mass is 35.5. The lowest BCUT2D eigenvalue weighted by molar-refractivity contribution is 0.526. The van der Waals surface area contributed by atoms with E-state index in [1.165, 1.54) is 0 Å². The summed E-state index contributed by atoms with van der Waals surface area (Å²) < 4.78 is 5.44. The lowest BCUT2D eigenvalue weighted by Gasteiger charge is -1.87. The zero-order chi connectivity index (χ0) is 9.10. The SMILES string of the molecule is ClCCCc1nc2ncccc2o1. The first-order valence-corrected chi connectivity index (χ1v) is 4.70. The van der Waals surface area contributed by atoms with Crippen LogP contribution in [0.1, 0.15) is 12.3 Å². The van der Waals surface area contributed by atoms with Gasteiger partial charge < -0.3 is 4.42 Å². The third-order valence-corrected chi connectivity index (χ3v) is 2.00. The van der Waals surface area contributed by atoms with Gasteiger partial charge in [-0.1, -0.05) is 0 Å². The normalized spacial score (nSPS) is 10.8. The molecular formula is C9H9ClN2O. The van der Waals surface area contributed by atoms with E-state index in [2.05, 4.69) is 9.97 Å². The molecule has 0 saturated carbocycles. The third kappa shape index (κ3) is 1.80. The van der Waals surface area contributed by atoms with E-state index < -0.39 is 0 Å². The van der Waals surface area contributed by atoms with E-state index in [9.17, 15) is 0 Å². The molecule has 0 N–H and O–H groups in total. The predicted molar refractivity (Wildman–Crippen MR) is 50.8 cm³/mol. The molecule has 13 heavy (non-hydrogen) atoms.